The van der Waals surface area contributed by atoms with Gasteiger partial charge in [-0.1, -0.05) is 50.8 Å². The summed E-state index contributed by atoms with van der Waals surface area (Å²) >= 11 is 3.24. The van der Waals surface area contributed by atoms with E-state index < -0.39 is 0 Å². The van der Waals surface area contributed by atoms with E-state index in [1.54, 1.807) is 37.3 Å². The molecule has 1 N–H and O–H groups in total. The lowest BCUT2D eigenvalue weighted by molar-refractivity contribution is -0.670. The van der Waals surface area contributed by atoms with Gasteiger partial charge in [0.2, 0.25) is 11.3 Å². The van der Waals surface area contributed by atoms with Crippen LogP contribution in [0.4, 0.5) is 5.69 Å². The number of thioether (sulfide) groups is 1. The molecule has 0 saturated carbocycles. The second kappa shape index (κ2) is 11.7. The van der Waals surface area contributed by atoms with E-state index in [0.717, 1.165) is 68.3 Å². The molecule has 0 unspecified atom stereocenters. The highest BCUT2D eigenvalue weighted by Crippen LogP contribution is 2.49. The first-order valence-corrected chi connectivity index (χ1v) is 15.4. The number of anilines is 1. The van der Waals surface area contributed by atoms with Crippen LogP contribution in [0.1, 0.15) is 45.5 Å². The number of aryl methyl sites for hydroxylation is 1. The van der Waals surface area contributed by atoms with Gasteiger partial charge in [-0.15, -0.1) is 0 Å². The molecule has 2 aliphatic rings. The molecule has 40 heavy (non-hydrogen) atoms. The monoisotopic (exact) mass is 577 g/mol. The third kappa shape index (κ3) is 5.52. The number of benzene rings is 2. The van der Waals surface area contributed by atoms with Gasteiger partial charge in [-0.05, 0) is 48.6 Å². The molecule has 6 nitrogen and oxygen atoms in total. The predicted octanol–water partition coefficient (Wildman–Crippen LogP) is 7.53. The fourth-order valence-electron chi connectivity index (χ4n) is 4.82. The molecule has 0 saturated heterocycles. The van der Waals surface area contributed by atoms with E-state index >= 15 is 0 Å². The average Bonchev–Trinajstić information content (AvgIpc) is 3.47. The van der Waals surface area contributed by atoms with Gasteiger partial charge in [0, 0.05) is 30.0 Å². The minimum Gasteiger partial charge on any atom is -0.506 e. The number of ketones is 1. The zero-order valence-corrected chi connectivity index (χ0v) is 25.6. The average molecular weight is 578 g/mol. The minimum absolute atomic E-state index is 0.0564. The number of aromatic nitrogens is 1. The molecule has 2 aromatic carbocycles. The molecule has 0 amide bonds. The van der Waals surface area contributed by atoms with Gasteiger partial charge in [0.25, 0.3) is 5.01 Å². The highest BCUT2D eigenvalue weighted by Gasteiger charge is 2.36. The lowest BCUT2D eigenvalue weighted by atomic mass is 9.88. The van der Waals surface area contributed by atoms with Crippen LogP contribution in [0.5, 0.6) is 11.5 Å². The number of Topliss-reactive ketones (excluding diaryl/α,β-unsaturated/α-hetero) is 1. The van der Waals surface area contributed by atoms with Crippen LogP contribution in [0.3, 0.4) is 0 Å². The van der Waals surface area contributed by atoms with Crippen molar-refractivity contribution in [3.63, 3.8) is 0 Å². The number of thiazole rings is 1. The number of rotatable bonds is 10. The largest absolute Gasteiger partial charge is 0.506 e. The molecule has 1 aromatic heterocycles. The van der Waals surface area contributed by atoms with Gasteiger partial charge >= 0.3 is 0 Å². The predicted molar refractivity (Wildman–Crippen MR) is 164 cm³/mol. The molecule has 3 aromatic rings. The molecule has 0 bridgehead atoms. The van der Waals surface area contributed by atoms with Crippen LogP contribution in [0.2, 0.25) is 0 Å². The van der Waals surface area contributed by atoms with Crippen LogP contribution >= 0.6 is 23.1 Å². The number of aliphatic hydroxyl groups excluding tert-OH is 1. The zero-order valence-electron chi connectivity index (χ0n) is 24.0. The summed E-state index contributed by atoms with van der Waals surface area (Å²) in [5.74, 6) is 2.60. The Hall–Kier alpha value is -3.23. The Labute approximate surface area is 244 Å². The van der Waals surface area contributed by atoms with E-state index in [0.29, 0.717) is 23.0 Å². The lowest BCUT2D eigenvalue weighted by Gasteiger charge is -2.24. The fourth-order valence-corrected chi connectivity index (χ4v) is 7.05. The van der Waals surface area contributed by atoms with Crippen LogP contribution < -0.4 is 18.9 Å². The normalized spacial score (nSPS) is 17.1. The van der Waals surface area contributed by atoms with Gasteiger partial charge in [-0.3, -0.25) is 4.79 Å². The number of carbonyl (C=O) groups is 1. The second-order valence-corrected chi connectivity index (χ2v) is 13.1. The molecular formula is C32H37N2O4S2+. The first-order valence-electron chi connectivity index (χ1n) is 13.8. The van der Waals surface area contributed by atoms with E-state index in [1.807, 2.05) is 36.4 Å². The Morgan fingerprint density at radius 2 is 1.68 bits per heavy atom. The SMILES string of the molecule is COc1ccc2c(c1)N(CCC(C)C)/C(=C/C1=C(O)C(=C/c3sc4ccc(OC)cc4[n+]3CCC(C)C)/C1=O)S2. The number of carbonyl (C=O) groups excluding carboxylic acids is 1. The molecule has 0 spiro atoms. The van der Waals surface area contributed by atoms with Gasteiger partial charge in [0.05, 0.1) is 42.1 Å². The number of hydrogen-bond acceptors (Lipinski definition) is 7. The van der Waals surface area contributed by atoms with Crippen molar-refractivity contribution >= 4 is 50.9 Å². The fraction of sp³-hybridized carbons (Fsp3) is 0.375. The molecule has 5 rings (SSSR count). The van der Waals surface area contributed by atoms with E-state index in [2.05, 4.69) is 49.3 Å². The van der Waals surface area contributed by atoms with Gasteiger partial charge in [0.15, 0.2) is 6.54 Å². The van der Waals surface area contributed by atoms with Crippen LogP contribution in [-0.2, 0) is 11.3 Å². The van der Waals surface area contributed by atoms with Gasteiger partial charge in [-0.2, -0.15) is 4.57 Å². The van der Waals surface area contributed by atoms with E-state index in [9.17, 15) is 9.90 Å². The molecular weight excluding hydrogens is 540 g/mol. The van der Waals surface area contributed by atoms with Crippen LogP contribution in [-0.4, -0.2) is 31.7 Å². The first-order chi connectivity index (χ1) is 19.2. The molecule has 0 radical (unpaired) electrons. The Bertz CT molecular complexity index is 1550. The summed E-state index contributed by atoms with van der Waals surface area (Å²) in [5.41, 5.74) is 2.87. The maximum Gasteiger partial charge on any atom is 0.263 e. The van der Waals surface area contributed by atoms with E-state index in [4.69, 9.17) is 9.47 Å². The Morgan fingerprint density at radius 1 is 0.975 bits per heavy atom. The summed E-state index contributed by atoms with van der Waals surface area (Å²) in [6.45, 7) is 10.5. The second-order valence-electron chi connectivity index (χ2n) is 11.0. The van der Waals surface area contributed by atoms with Crippen molar-refractivity contribution in [2.45, 2.75) is 52.0 Å². The molecule has 0 fully saturated rings. The summed E-state index contributed by atoms with van der Waals surface area (Å²) in [6.07, 6.45) is 5.70. The molecule has 1 aliphatic carbocycles. The number of methoxy groups -OCH3 is 2. The summed E-state index contributed by atoms with van der Waals surface area (Å²) in [5, 5.41) is 13.0. The smallest absolute Gasteiger partial charge is 0.263 e. The highest BCUT2D eigenvalue weighted by molar-refractivity contribution is 8.03. The van der Waals surface area contributed by atoms with Crippen molar-refractivity contribution in [2.24, 2.45) is 11.8 Å². The minimum atomic E-state index is -0.131. The Morgan fingerprint density at radius 3 is 2.35 bits per heavy atom. The molecule has 1 aliphatic heterocycles. The number of allylic oxidation sites excluding steroid dienone is 3. The van der Waals surface area contributed by atoms with Crippen molar-refractivity contribution in [3.05, 3.63) is 69.4 Å². The third-order valence-electron chi connectivity index (χ3n) is 7.27. The molecule has 210 valence electrons. The maximum absolute atomic E-state index is 13.4. The Kier molecular flexibility index (Phi) is 8.29. The molecule has 2 heterocycles. The summed E-state index contributed by atoms with van der Waals surface area (Å²) in [4.78, 5) is 16.7. The third-order valence-corrected chi connectivity index (χ3v) is 9.50. The summed E-state index contributed by atoms with van der Waals surface area (Å²) in [7, 11) is 3.34. The maximum atomic E-state index is 13.4. The number of hydrogen-bond donors (Lipinski definition) is 1. The zero-order chi connectivity index (χ0) is 28.6. The van der Waals surface area contributed by atoms with Gasteiger partial charge in [-0.25, -0.2) is 0 Å². The number of nitrogens with zero attached hydrogens (tertiary/aromatic N) is 2. The standard InChI is InChI=1S/C32H36N2O4S2/c1-19(2)11-13-33-25-15-21(37-5)7-9-27(25)39-29(33)17-23-31(35)24(32(23)36)18-30-34(14-12-20(3)4)26-16-22(38-6)8-10-28(26)40-30/h7-10,15-20H,11-14H2,1-6H3/p+1. The topological polar surface area (TPSA) is 62.9 Å². The van der Waals surface area contributed by atoms with Crippen molar-refractivity contribution in [2.75, 3.05) is 25.7 Å². The van der Waals surface area contributed by atoms with E-state index in [1.165, 1.54) is 0 Å². The summed E-state index contributed by atoms with van der Waals surface area (Å²) < 4.78 is 14.3. The van der Waals surface area contributed by atoms with Crippen molar-refractivity contribution in [1.29, 1.82) is 0 Å². The van der Waals surface area contributed by atoms with Crippen LogP contribution in [0.15, 0.2) is 69.3 Å². The van der Waals surface area contributed by atoms with Crippen molar-refractivity contribution < 1.29 is 23.9 Å². The van der Waals surface area contributed by atoms with Crippen molar-refractivity contribution in [1.82, 2.24) is 0 Å². The Balaban J connectivity index is 1.50. The lowest BCUT2D eigenvalue weighted by Crippen LogP contribution is -2.36. The molecule has 0 atom stereocenters. The van der Waals surface area contributed by atoms with Crippen LogP contribution in [0, 0.1) is 11.8 Å². The van der Waals surface area contributed by atoms with Gasteiger partial charge < -0.3 is 19.5 Å². The molecule has 8 heteroatoms. The first kappa shape index (κ1) is 28.3. The van der Waals surface area contributed by atoms with Gasteiger partial charge in [0.1, 0.15) is 22.0 Å². The summed E-state index contributed by atoms with van der Waals surface area (Å²) in [6, 6.07) is 12.1. The number of aliphatic hydroxyl groups is 1. The van der Waals surface area contributed by atoms with E-state index in [-0.39, 0.29) is 11.5 Å². The number of fused-ring (bicyclic) bond motifs is 2. The highest BCUT2D eigenvalue weighted by atomic mass is 32.2. The van der Waals surface area contributed by atoms with Crippen LogP contribution in [0.25, 0.3) is 16.3 Å². The number of ether oxygens (including phenoxy) is 2. The quantitative estimate of drug-likeness (QED) is 0.199. The van der Waals surface area contributed by atoms with Crippen molar-refractivity contribution in [3.8, 4) is 11.5 Å².